The number of hydrogen-bond acceptors (Lipinski definition) is 1. The summed E-state index contributed by atoms with van der Waals surface area (Å²) in [6.07, 6.45) is 8.95. The van der Waals surface area contributed by atoms with Crippen molar-refractivity contribution in [1.29, 1.82) is 0 Å². The molecule has 0 fully saturated rings. The molecule has 0 bridgehead atoms. The summed E-state index contributed by atoms with van der Waals surface area (Å²) in [6.45, 7) is 7.73. The van der Waals surface area contributed by atoms with E-state index >= 15 is 0 Å². The van der Waals surface area contributed by atoms with Crippen LogP contribution >= 0.6 is 0 Å². The minimum atomic E-state index is 0. The number of ether oxygens (including phenoxy) is 1. The summed E-state index contributed by atoms with van der Waals surface area (Å²) >= 11 is 0. The molecule has 0 spiro atoms. The average Bonchev–Trinajstić information content (AvgIpc) is 2.10. The van der Waals surface area contributed by atoms with Gasteiger partial charge in [0.15, 0.2) is 0 Å². The van der Waals surface area contributed by atoms with Crippen molar-refractivity contribution in [3.8, 4) is 0 Å². The van der Waals surface area contributed by atoms with Crippen LogP contribution in [0, 0.1) is 6.92 Å². The SMILES string of the molecule is [CH2-]CCOCCCCCCCC.[K+]. The Morgan fingerprint density at radius 3 is 2.15 bits per heavy atom. The third kappa shape index (κ3) is 16.3. The van der Waals surface area contributed by atoms with Crippen LogP contribution in [0.25, 0.3) is 0 Å². The topological polar surface area (TPSA) is 9.23 Å². The zero-order valence-electron chi connectivity index (χ0n) is 9.48. The summed E-state index contributed by atoms with van der Waals surface area (Å²) in [5.74, 6) is 0. The van der Waals surface area contributed by atoms with Gasteiger partial charge in [-0.05, 0) is 6.42 Å². The van der Waals surface area contributed by atoms with Gasteiger partial charge in [-0.1, -0.05) is 39.0 Å². The molecule has 0 aliphatic rings. The van der Waals surface area contributed by atoms with E-state index in [0.717, 1.165) is 19.6 Å². The monoisotopic (exact) mass is 210 g/mol. The van der Waals surface area contributed by atoms with Crippen molar-refractivity contribution in [3.05, 3.63) is 6.92 Å². The van der Waals surface area contributed by atoms with Crippen molar-refractivity contribution in [2.75, 3.05) is 13.2 Å². The van der Waals surface area contributed by atoms with Crippen LogP contribution in [0.15, 0.2) is 0 Å². The summed E-state index contributed by atoms with van der Waals surface area (Å²) in [4.78, 5) is 0. The second-order valence-electron chi connectivity index (χ2n) is 3.23. The van der Waals surface area contributed by atoms with Crippen LogP contribution < -0.4 is 51.4 Å². The van der Waals surface area contributed by atoms with E-state index in [1.807, 2.05) is 0 Å². The van der Waals surface area contributed by atoms with Gasteiger partial charge in [-0.25, -0.2) is 0 Å². The Morgan fingerprint density at radius 2 is 1.54 bits per heavy atom. The van der Waals surface area contributed by atoms with Gasteiger partial charge in [-0.2, -0.15) is 6.42 Å². The van der Waals surface area contributed by atoms with E-state index in [1.165, 1.54) is 38.5 Å². The van der Waals surface area contributed by atoms with E-state index in [2.05, 4.69) is 13.8 Å². The fourth-order valence-electron chi connectivity index (χ4n) is 1.19. The van der Waals surface area contributed by atoms with Gasteiger partial charge in [-0.3, -0.25) is 0 Å². The van der Waals surface area contributed by atoms with Gasteiger partial charge >= 0.3 is 51.4 Å². The molecule has 2 heteroatoms. The van der Waals surface area contributed by atoms with Crippen LogP contribution in [0.4, 0.5) is 0 Å². The summed E-state index contributed by atoms with van der Waals surface area (Å²) in [5.41, 5.74) is 0. The first-order valence-corrected chi connectivity index (χ1v) is 5.28. The maximum Gasteiger partial charge on any atom is 1.00 e. The maximum absolute atomic E-state index is 5.33. The molecule has 0 saturated heterocycles. The molecule has 0 aromatic heterocycles. The normalized spacial score (nSPS) is 9.69. The van der Waals surface area contributed by atoms with E-state index in [1.54, 1.807) is 0 Å². The van der Waals surface area contributed by atoms with E-state index in [0.29, 0.717) is 0 Å². The number of unbranched alkanes of at least 4 members (excludes halogenated alkanes) is 5. The molecule has 0 aliphatic heterocycles. The predicted molar refractivity (Wildman–Crippen MR) is 54.2 cm³/mol. The molecule has 0 aromatic carbocycles. The molecule has 13 heavy (non-hydrogen) atoms. The van der Waals surface area contributed by atoms with Crippen molar-refractivity contribution in [1.82, 2.24) is 0 Å². The number of rotatable bonds is 9. The van der Waals surface area contributed by atoms with Crippen molar-refractivity contribution in [3.63, 3.8) is 0 Å². The Balaban J connectivity index is 0. The molecule has 0 amide bonds. The zero-order chi connectivity index (χ0) is 9.07. The first-order valence-electron chi connectivity index (χ1n) is 5.28. The Morgan fingerprint density at radius 1 is 0.923 bits per heavy atom. The van der Waals surface area contributed by atoms with Crippen molar-refractivity contribution >= 4 is 0 Å². The number of hydrogen-bond donors (Lipinski definition) is 0. The fourth-order valence-corrected chi connectivity index (χ4v) is 1.19. The largest absolute Gasteiger partial charge is 1.00 e. The summed E-state index contributed by atoms with van der Waals surface area (Å²) < 4.78 is 5.33. The Labute approximate surface area is 126 Å². The molecule has 0 N–H and O–H groups in total. The minimum absolute atomic E-state index is 0. The third-order valence-electron chi connectivity index (χ3n) is 1.93. The molecule has 0 atom stereocenters. The van der Waals surface area contributed by atoms with Crippen LogP contribution in [0.3, 0.4) is 0 Å². The molecule has 0 heterocycles. The van der Waals surface area contributed by atoms with Gasteiger partial charge in [0.2, 0.25) is 0 Å². The predicted octanol–water partition coefficient (Wildman–Crippen LogP) is 0.592. The zero-order valence-corrected chi connectivity index (χ0v) is 12.6. The van der Waals surface area contributed by atoms with Crippen molar-refractivity contribution in [2.24, 2.45) is 0 Å². The molecular weight excluding hydrogens is 187 g/mol. The second kappa shape index (κ2) is 16.0. The second-order valence-corrected chi connectivity index (χ2v) is 3.23. The Bertz CT molecular complexity index is 66.5. The van der Waals surface area contributed by atoms with Crippen LogP contribution in [0.5, 0.6) is 0 Å². The van der Waals surface area contributed by atoms with Crippen LogP contribution in [-0.4, -0.2) is 13.2 Å². The van der Waals surface area contributed by atoms with Gasteiger partial charge in [0.1, 0.15) is 0 Å². The summed E-state index contributed by atoms with van der Waals surface area (Å²) in [7, 11) is 0. The van der Waals surface area contributed by atoms with Crippen molar-refractivity contribution < 1.29 is 56.1 Å². The van der Waals surface area contributed by atoms with Gasteiger partial charge in [0.05, 0.1) is 0 Å². The first kappa shape index (κ1) is 17.0. The van der Waals surface area contributed by atoms with Gasteiger partial charge in [0.25, 0.3) is 0 Å². The smallest absolute Gasteiger partial charge is 0.384 e. The van der Waals surface area contributed by atoms with Crippen LogP contribution in [0.1, 0.15) is 51.9 Å². The van der Waals surface area contributed by atoms with Crippen LogP contribution in [-0.2, 0) is 4.74 Å². The molecule has 0 unspecified atom stereocenters. The molecule has 0 aromatic rings. The summed E-state index contributed by atoms with van der Waals surface area (Å²) in [5, 5.41) is 0. The van der Waals surface area contributed by atoms with E-state index < -0.39 is 0 Å². The standard InChI is InChI=1S/C11H23O.K/c1-3-5-6-7-8-9-11-12-10-4-2;/h2-11H2,1H3;/q-1;+1. The molecule has 1 nitrogen and oxygen atoms in total. The molecular formula is C11H23KO. The van der Waals surface area contributed by atoms with Crippen molar-refractivity contribution in [2.45, 2.75) is 51.9 Å². The van der Waals surface area contributed by atoms with Crippen LogP contribution in [0.2, 0.25) is 0 Å². The molecule has 0 rings (SSSR count). The molecule has 74 valence electrons. The minimum Gasteiger partial charge on any atom is -0.384 e. The van der Waals surface area contributed by atoms with Gasteiger partial charge < -0.3 is 11.7 Å². The van der Waals surface area contributed by atoms with E-state index in [9.17, 15) is 0 Å². The first-order chi connectivity index (χ1) is 5.91. The Kier molecular flexibility index (Phi) is 21.0. The quantitative estimate of drug-likeness (QED) is 0.307. The third-order valence-corrected chi connectivity index (χ3v) is 1.93. The Hall–Kier alpha value is 1.60. The summed E-state index contributed by atoms with van der Waals surface area (Å²) in [6, 6.07) is 0. The average molecular weight is 210 g/mol. The van der Waals surface area contributed by atoms with E-state index in [4.69, 9.17) is 4.74 Å². The maximum atomic E-state index is 5.33. The molecule has 0 aliphatic carbocycles. The van der Waals surface area contributed by atoms with E-state index in [-0.39, 0.29) is 51.4 Å². The fraction of sp³-hybridized carbons (Fsp3) is 0.909. The molecule has 0 radical (unpaired) electrons. The van der Waals surface area contributed by atoms with Gasteiger partial charge in [-0.15, -0.1) is 0 Å². The van der Waals surface area contributed by atoms with Gasteiger partial charge in [0, 0.05) is 13.2 Å². The molecule has 0 saturated carbocycles.